The maximum absolute atomic E-state index is 6.32. The van der Waals surface area contributed by atoms with Crippen LogP contribution in [-0.4, -0.2) is 17.0 Å². The van der Waals surface area contributed by atoms with Crippen LogP contribution in [0, 0.1) is 5.92 Å². The summed E-state index contributed by atoms with van der Waals surface area (Å²) < 4.78 is 0. The summed E-state index contributed by atoms with van der Waals surface area (Å²) in [6.45, 7) is 5.10. The second kappa shape index (κ2) is 14.0. The van der Waals surface area contributed by atoms with E-state index >= 15 is 0 Å². The van der Waals surface area contributed by atoms with Crippen molar-refractivity contribution in [3.05, 3.63) is 92.9 Å². The average molecular weight is 525 g/mol. The second-order valence-electron chi connectivity index (χ2n) is 9.11. The molecule has 0 fully saturated rings. The Morgan fingerprint density at radius 3 is 2.67 bits per heavy atom. The third-order valence-electron chi connectivity index (χ3n) is 5.86. The van der Waals surface area contributed by atoms with E-state index in [4.69, 9.17) is 34.1 Å². The zero-order chi connectivity index (χ0) is 25.9. The van der Waals surface area contributed by atoms with Gasteiger partial charge in [0, 0.05) is 22.4 Å². The van der Waals surface area contributed by atoms with Crippen LogP contribution in [0.25, 0.3) is 12.2 Å². The Bertz CT molecular complexity index is 1300. The molecule has 190 valence electrons. The topological polar surface area (TPSA) is 75.9 Å². The maximum atomic E-state index is 6.32. The Kier molecular flexibility index (Phi) is 10.8. The standard InChI is InChI=1S/C28H31ClN4.CH4ClN/c1-19(2)11-12-20-13-14-22(29)15-21(20)16-23-7-6-8-24(33-23)17-32-28-25-9-4-3-5-10-27(25)31-18-26(28)30;1-3-2/h3-4,6-10,13-15,18-19,32H,5,11-12,16-17,30H2,1-2H3;3H,1H3. The van der Waals surface area contributed by atoms with E-state index in [0.29, 0.717) is 18.2 Å². The second-order valence-corrected chi connectivity index (χ2v) is 9.92. The Labute approximate surface area is 224 Å². The molecule has 0 aliphatic heterocycles. The minimum absolute atomic E-state index is 0.585. The zero-order valence-corrected chi connectivity index (χ0v) is 22.7. The van der Waals surface area contributed by atoms with E-state index in [0.717, 1.165) is 58.3 Å². The number of pyridine rings is 2. The molecule has 5 nitrogen and oxygen atoms in total. The highest BCUT2D eigenvalue weighted by atomic mass is 35.5. The smallest absolute Gasteiger partial charge is 0.0743 e. The first kappa shape index (κ1) is 27.7. The van der Waals surface area contributed by atoms with Gasteiger partial charge in [0.1, 0.15) is 0 Å². The predicted octanol–water partition coefficient (Wildman–Crippen LogP) is 5.38. The van der Waals surface area contributed by atoms with Gasteiger partial charge >= 0.3 is 0 Å². The fourth-order valence-electron chi connectivity index (χ4n) is 4.06. The van der Waals surface area contributed by atoms with Crippen molar-refractivity contribution in [2.45, 2.75) is 46.1 Å². The van der Waals surface area contributed by atoms with Gasteiger partial charge in [0.25, 0.3) is 0 Å². The van der Waals surface area contributed by atoms with E-state index < -0.39 is 0 Å². The van der Waals surface area contributed by atoms with Gasteiger partial charge in [0.05, 0.1) is 35.2 Å². The van der Waals surface area contributed by atoms with Crippen molar-refractivity contribution < 1.29 is 0 Å². The van der Waals surface area contributed by atoms with Crippen LogP contribution in [0.15, 0.2) is 54.7 Å². The molecule has 4 N–H and O–H groups in total. The van der Waals surface area contributed by atoms with Crippen LogP contribution in [-0.2, 0) is 19.4 Å². The van der Waals surface area contributed by atoms with Gasteiger partial charge in [-0.2, -0.15) is 0 Å². The molecule has 0 radical (unpaired) electrons. The number of hydrogen-bond acceptors (Lipinski definition) is 5. The summed E-state index contributed by atoms with van der Waals surface area (Å²) in [5.74, 6) is 0.669. The molecular weight excluding hydrogens is 489 g/mol. The molecule has 0 unspecified atom stereocenters. The van der Waals surface area contributed by atoms with Crippen LogP contribution < -0.4 is 26.5 Å². The molecule has 0 spiro atoms. The Hall–Kier alpha value is -2.86. The van der Waals surface area contributed by atoms with Crippen molar-refractivity contribution in [2.75, 3.05) is 18.1 Å². The quantitative estimate of drug-likeness (QED) is 0.345. The summed E-state index contributed by atoms with van der Waals surface area (Å²) in [6.07, 6.45) is 13.9. The SMILES string of the molecule is CC(C)CCc1ccc(Cl)cc1Cc1cccc(CNc2c(N)cnc3c2=CC=CCC=3)n1.CNCl. The summed E-state index contributed by atoms with van der Waals surface area (Å²) in [6, 6.07) is 12.4. The van der Waals surface area contributed by atoms with E-state index in [9.17, 15) is 0 Å². The van der Waals surface area contributed by atoms with Crippen molar-refractivity contribution in [1.29, 1.82) is 0 Å². The molecule has 0 atom stereocenters. The van der Waals surface area contributed by atoms with Gasteiger partial charge in [0.2, 0.25) is 0 Å². The molecule has 0 saturated carbocycles. The number of halogens is 2. The average Bonchev–Trinajstić information content (AvgIpc) is 3.09. The predicted molar refractivity (Wildman–Crippen MR) is 154 cm³/mol. The van der Waals surface area contributed by atoms with Crippen LogP contribution in [0.5, 0.6) is 0 Å². The van der Waals surface area contributed by atoms with Crippen molar-refractivity contribution in [2.24, 2.45) is 5.92 Å². The number of nitrogens with one attached hydrogen (secondary N) is 2. The van der Waals surface area contributed by atoms with E-state index in [1.165, 1.54) is 11.1 Å². The fraction of sp³-hybridized carbons (Fsp3) is 0.310. The third-order valence-corrected chi connectivity index (χ3v) is 6.10. The first-order valence-electron chi connectivity index (χ1n) is 12.3. The molecule has 36 heavy (non-hydrogen) atoms. The van der Waals surface area contributed by atoms with Crippen LogP contribution in [0.4, 0.5) is 11.4 Å². The lowest BCUT2D eigenvalue weighted by atomic mass is 9.96. The molecule has 0 saturated heterocycles. The van der Waals surface area contributed by atoms with Crippen molar-refractivity contribution in [3.8, 4) is 0 Å². The summed E-state index contributed by atoms with van der Waals surface area (Å²) >= 11 is 11.1. The normalized spacial score (nSPS) is 12.1. The number of nitrogens with two attached hydrogens (primary N) is 1. The largest absolute Gasteiger partial charge is 0.396 e. The number of allylic oxidation sites excluding steroid dienone is 2. The lowest BCUT2D eigenvalue weighted by Crippen LogP contribution is -2.31. The molecule has 4 rings (SSSR count). The van der Waals surface area contributed by atoms with Crippen LogP contribution in [0.3, 0.4) is 0 Å². The van der Waals surface area contributed by atoms with Crippen molar-refractivity contribution >= 4 is 46.9 Å². The Balaban J connectivity index is 0.00000115. The Morgan fingerprint density at radius 2 is 1.89 bits per heavy atom. The number of aromatic nitrogens is 2. The molecule has 3 aromatic rings. The molecule has 1 aliphatic carbocycles. The van der Waals surface area contributed by atoms with Gasteiger partial charge in [-0.15, -0.1) is 0 Å². The van der Waals surface area contributed by atoms with Crippen LogP contribution in [0.1, 0.15) is 49.2 Å². The first-order chi connectivity index (χ1) is 17.4. The summed E-state index contributed by atoms with van der Waals surface area (Å²) in [5, 5.41) is 6.24. The minimum Gasteiger partial charge on any atom is -0.396 e. The lowest BCUT2D eigenvalue weighted by Gasteiger charge is -2.13. The van der Waals surface area contributed by atoms with Gasteiger partial charge in [-0.3, -0.25) is 9.97 Å². The van der Waals surface area contributed by atoms with E-state index in [2.05, 4.69) is 77.6 Å². The number of nitrogens with zero attached hydrogens (tertiary/aromatic N) is 2. The van der Waals surface area contributed by atoms with Gasteiger partial charge in [-0.05, 0) is 79.4 Å². The van der Waals surface area contributed by atoms with Gasteiger partial charge in [-0.1, -0.05) is 61.9 Å². The number of rotatable bonds is 8. The van der Waals surface area contributed by atoms with Crippen LogP contribution in [0.2, 0.25) is 5.02 Å². The zero-order valence-electron chi connectivity index (χ0n) is 21.2. The molecule has 1 aromatic carbocycles. The molecule has 0 amide bonds. The van der Waals surface area contributed by atoms with Crippen LogP contribution >= 0.6 is 23.4 Å². The van der Waals surface area contributed by atoms with Gasteiger partial charge < -0.3 is 11.1 Å². The summed E-state index contributed by atoms with van der Waals surface area (Å²) in [4.78, 5) is 11.6. The molecule has 2 heterocycles. The number of benzene rings is 1. The van der Waals surface area contributed by atoms with E-state index in [1.807, 2.05) is 12.1 Å². The fourth-order valence-corrected chi connectivity index (χ4v) is 4.25. The molecular formula is C29H35Cl2N5. The summed E-state index contributed by atoms with van der Waals surface area (Å²) in [7, 11) is 1.64. The molecule has 1 aliphatic rings. The third kappa shape index (κ3) is 8.09. The Morgan fingerprint density at radius 1 is 1.11 bits per heavy atom. The number of aryl methyl sites for hydroxylation is 1. The number of anilines is 2. The lowest BCUT2D eigenvalue weighted by molar-refractivity contribution is 0.585. The highest BCUT2D eigenvalue weighted by molar-refractivity contribution is 6.30. The highest BCUT2D eigenvalue weighted by Gasteiger charge is 2.09. The van der Waals surface area contributed by atoms with Crippen molar-refractivity contribution in [1.82, 2.24) is 14.8 Å². The first-order valence-corrected chi connectivity index (χ1v) is 13.0. The summed E-state index contributed by atoms with van der Waals surface area (Å²) in [5.41, 5.74) is 12.4. The highest BCUT2D eigenvalue weighted by Crippen LogP contribution is 2.22. The van der Waals surface area contributed by atoms with Gasteiger partial charge in [-0.25, -0.2) is 4.84 Å². The monoisotopic (exact) mass is 523 g/mol. The number of hydrogen-bond donors (Lipinski definition) is 3. The molecule has 0 bridgehead atoms. The number of fused-ring (bicyclic) bond motifs is 1. The van der Waals surface area contributed by atoms with Crippen molar-refractivity contribution in [3.63, 3.8) is 0 Å². The molecule has 7 heteroatoms. The van der Waals surface area contributed by atoms with E-state index in [-0.39, 0.29) is 0 Å². The number of nitrogen functional groups attached to an aromatic ring is 1. The maximum Gasteiger partial charge on any atom is 0.0743 e. The minimum atomic E-state index is 0.585. The molecule has 2 aromatic heterocycles. The van der Waals surface area contributed by atoms with Gasteiger partial charge in [0.15, 0.2) is 0 Å². The van der Waals surface area contributed by atoms with E-state index in [1.54, 1.807) is 13.2 Å².